The van der Waals surface area contributed by atoms with Crippen LogP contribution in [0, 0.1) is 12.8 Å². The minimum atomic E-state index is 0.0218. The van der Waals surface area contributed by atoms with Gasteiger partial charge in [0, 0.05) is 18.8 Å². The summed E-state index contributed by atoms with van der Waals surface area (Å²) < 4.78 is 0. The third-order valence-electron chi connectivity index (χ3n) is 5.52. The molecule has 0 radical (unpaired) electrons. The molecule has 1 N–H and O–H groups in total. The molecule has 3 rings (SSSR count). The van der Waals surface area contributed by atoms with Gasteiger partial charge in [-0.05, 0) is 66.3 Å². The van der Waals surface area contributed by atoms with Crippen molar-refractivity contribution in [3.8, 4) is 0 Å². The summed E-state index contributed by atoms with van der Waals surface area (Å²) in [5, 5.41) is 3.02. The molecule has 0 aromatic heterocycles. The van der Waals surface area contributed by atoms with Gasteiger partial charge in [-0.3, -0.25) is 0 Å². The average Bonchev–Trinajstić information content (AvgIpc) is 2.62. The molecule has 0 spiro atoms. The fourth-order valence-corrected chi connectivity index (χ4v) is 3.74. The minimum absolute atomic E-state index is 0.0218. The lowest BCUT2D eigenvalue weighted by atomic mass is 9.85. The van der Waals surface area contributed by atoms with E-state index in [0.717, 1.165) is 43.6 Å². The molecular formula is C24H32N2O. The Morgan fingerprint density at radius 2 is 1.74 bits per heavy atom. The fourth-order valence-electron chi connectivity index (χ4n) is 3.74. The van der Waals surface area contributed by atoms with Gasteiger partial charge in [0.1, 0.15) is 0 Å². The van der Waals surface area contributed by atoms with Crippen LogP contribution >= 0.6 is 0 Å². The Balaban J connectivity index is 1.49. The number of nitrogens with one attached hydrogen (secondary N) is 1. The first-order valence-corrected chi connectivity index (χ1v) is 10.0. The second-order valence-corrected chi connectivity index (χ2v) is 8.88. The molecule has 2 amide bonds. The quantitative estimate of drug-likeness (QED) is 0.736. The van der Waals surface area contributed by atoms with Crippen molar-refractivity contribution in [2.75, 3.05) is 18.4 Å². The highest BCUT2D eigenvalue weighted by molar-refractivity contribution is 5.89. The standard InChI is InChI=1S/C24H32N2O/c1-18-6-5-7-22(16-18)25-23(27)26-14-12-20(13-15-26)17-19-8-10-21(11-9-19)24(2,3)4/h5-11,16,20H,12-15,17H2,1-4H3,(H,25,27). The maximum Gasteiger partial charge on any atom is 0.321 e. The largest absolute Gasteiger partial charge is 0.325 e. The lowest BCUT2D eigenvalue weighted by Crippen LogP contribution is -2.41. The summed E-state index contributed by atoms with van der Waals surface area (Å²) >= 11 is 0. The number of aryl methyl sites for hydroxylation is 1. The molecular weight excluding hydrogens is 332 g/mol. The molecule has 0 aliphatic carbocycles. The van der Waals surface area contributed by atoms with Crippen LogP contribution in [0.3, 0.4) is 0 Å². The summed E-state index contributed by atoms with van der Waals surface area (Å²) in [6.07, 6.45) is 3.25. The van der Waals surface area contributed by atoms with Crippen molar-refractivity contribution in [1.29, 1.82) is 0 Å². The number of urea groups is 1. The Morgan fingerprint density at radius 1 is 1.07 bits per heavy atom. The molecule has 1 heterocycles. The van der Waals surface area contributed by atoms with Crippen LogP contribution in [0.15, 0.2) is 48.5 Å². The van der Waals surface area contributed by atoms with Crippen molar-refractivity contribution < 1.29 is 4.79 Å². The van der Waals surface area contributed by atoms with Crippen molar-refractivity contribution in [1.82, 2.24) is 4.90 Å². The third-order valence-corrected chi connectivity index (χ3v) is 5.52. The van der Waals surface area contributed by atoms with E-state index < -0.39 is 0 Å². The lowest BCUT2D eigenvalue weighted by molar-refractivity contribution is 0.182. The van der Waals surface area contributed by atoms with Gasteiger partial charge in [0.2, 0.25) is 0 Å². The van der Waals surface area contributed by atoms with E-state index in [1.165, 1.54) is 11.1 Å². The van der Waals surface area contributed by atoms with Crippen LogP contribution < -0.4 is 5.32 Å². The summed E-state index contributed by atoms with van der Waals surface area (Å²) in [6.45, 7) is 10.5. The van der Waals surface area contributed by atoms with Gasteiger partial charge in [-0.2, -0.15) is 0 Å². The van der Waals surface area contributed by atoms with Crippen molar-refractivity contribution >= 4 is 11.7 Å². The van der Waals surface area contributed by atoms with E-state index in [4.69, 9.17) is 0 Å². The van der Waals surface area contributed by atoms with E-state index in [9.17, 15) is 4.79 Å². The number of piperidine rings is 1. The molecule has 0 saturated carbocycles. The van der Waals surface area contributed by atoms with Crippen LogP contribution in [0.5, 0.6) is 0 Å². The van der Waals surface area contributed by atoms with Crippen LogP contribution in [-0.2, 0) is 11.8 Å². The normalized spacial score (nSPS) is 15.6. The van der Waals surface area contributed by atoms with E-state index >= 15 is 0 Å². The van der Waals surface area contributed by atoms with Crippen LogP contribution in [0.1, 0.15) is 50.3 Å². The predicted molar refractivity (Wildman–Crippen MR) is 113 cm³/mol. The van der Waals surface area contributed by atoms with Gasteiger partial charge in [-0.25, -0.2) is 4.79 Å². The summed E-state index contributed by atoms with van der Waals surface area (Å²) in [6, 6.07) is 17.1. The topological polar surface area (TPSA) is 32.3 Å². The molecule has 27 heavy (non-hydrogen) atoms. The molecule has 2 aromatic rings. The Kier molecular flexibility index (Phi) is 5.88. The van der Waals surface area contributed by atoms with Gasteiger partial charge in [0.15, 0.2) is 0 Å². The van der Waals surface area contributed by atoms with E-state index in [1.54, 1.807) is 0 Å². The molecule has 0 unspecified atom stereocenters. The Hall–Kier alpha value is -2.29. The van der Waals surface area contributed by atoms with Crippen LogP contribution in [0.4, 0.5) is 10.5 Å². The first kappa shape index (κ1) is 19.5. The van der Waals surface area contributed by atoms with Gasteiger partial charge < -0.3 is 10.2 Å². The van der Waals surface area contributed by atoms with Crippen LogP contribution in [-0.4, -0.2) is 24.0 Å². The molecule has 1 aliphatic heterocycles. The van der Waals surface area contributed by atoms with Gasteiger partial charge in [0.05, 0.1) is 0 Å². The molecule has 144 valence electrons. The van der Waals surface area contributed by atoms with Gasteiger partial charge >= 0.3 is 6.03 Å². The second-order valence-electron chi connectivity index (χ2n) is 8.88. The van der Waals surface area contributed by atoms with Crippen molar-refractivity contribution in [2.24, 2.45) is 5.92 Å². The van der Waals surface area contributed by atoms with E-state index in [1.807, 2.05) is 36.1 Å². The summed E-state index contributed by atoms with van der Waals surface area (Å²) in [5.74, 6) is 0.661. The number of likely N-dealkylation sites (tertiary alicyclic amines) is 1. The zero-order valence-electron chi connectivity index (χ0n) is 17.1. The van der Waals surface area contributed by atoms with Gasteiger partial charge in [0.25, 0.3) is 0 Å². The number of carbonyl (C=O) groups excluding carboxylic acids is 1. The highest BCUT2D eigenvalue weighted by Crippen LogP contribution is 2.25. The number of nitrogens with zero attached hydrogens (tertiary/aromatic N) is 1. The highest BCUT2D eigenvalue weighted by Gasteiger charge is 2.23. The minimum Gasteiger partial charge on any atom is -0.325 e. The Morgan fingerprint density at radius 3 is 2.33 bits per heavy atom. The summed E-state index contributed by atoms with van der Waals surface area (Å²) in [4.78, 5) is 14.4. The SMILES string of the molecule is Cc1cccc(NC(=O)N2CCC(Cc3ccc(C(C)(C)C)cc3)CC2)c1. The molecule has 1 fully saturated rings. The van der Waals surface area contributed by atoms with E-state index in [0.29, 0.717) is 5.92 Å². The number of amides is 2. The summed E-state index contributed by atoms with van der Waals surface area (Å²) in [5.41, 5.74) is 5.03. The number of hydrogen-bond donors (Lipinski definition) is 1. The monoisotopic (exact) mass is 364 g/mol. The van der Waals surface area contributed by atoms with Crippen molar-refractivity contribution in [2.45, 2.75) is 52.4 Å². The van der Waals surface area contributed by atoms with Gasteiger partial charge in [-0.15, -0.1) is 0 Å². The molecule has 0 atom stereocenters. The first-order chi connectivity index (χ1) is 12.8. The molecule has 3 nitrogen and oxygen atoms in total. The number of hydrogen-bond acceptors (Lipinski definition) is 1. The third kappa shape index (κ3) is 5.35. The molecule has 1 saturated heterocycles. The number of carbonyl (C=O) groups is 1. The fraction of sp³-hybridized carbons (Fsp3) is 0.458. The maximum absolute atomic E-state index is 12.5. The van der Waals surface area contributed by atoms with Crippen molar-refractivity contribution in [3.63, 3.8) is 0 Å². The van der Waals surface area contributed by atoms with E-state index in [-0.39, 0.29) is 11.4 Å². The molecule has 2 aromatic carbocycles. The highest BCUT2D eigenvalue weighted by atomic mass is 16.2. The van der Waals surface area contributed by atoms with Crippen LogP contribution in [0.2, 0.25) is 0 Å². The Bertz CT molecular complexity index is 766. The lowest BCUT2D eigenvalue weighted by Gasteiger charge is -2.32. The molecule has 3 heteroatoms. The zero-order valence-corrected chi connectivity index (χ0v) is 17.1. The smallest absolute Gasteiger partial charge is 0.321 e. The van der Waals surface area contributed by atoms with E-state index in [2.05, 4.69) is 50.4 Å². The maximum atomic E-state index is 12.5. The molecule has 1 aliphatic rings. The average molecular weight is 365 g/mol. The second kappa shape index (κ2) is 8.16. The number of benzene rings is 2. The predicted octanol–water partition coefficient (Wildman–Crippen LogP) is 5.78. The first-order valence-electron chi connectivity index (χ1n) is 10.0. The van der Waals surface area contributed by atoms with Crippen molar-refractivity contribution in [3.05, 3.63) is 65.2 Å². The number of anilines is 1. The van der Waals surface area contributed by atoms with Gasteiger partial charge in [-0.1, -0.05) is 57.2 Å². The zero-order chi connectivity index (χ0) is 19.4. The Labute approximate surface area is 163 Å². The number of rotatable bonds is 3. The summed E-state index contributed by atoms with van der Waals surface area (Å²) in [7, 11) is 0. The molecule has 0 bridgehead atoms. The van der Waals surface area contributed by atoms with Crippen LogP contribution in [0.25, 0.3) is 0 Å².